The number of hydrogen-bond donors (Lipinski definition) is 1. The van der Waals surface area contributed by atoms with Gasteiger partial charge in [0.1, 0.15) is 0 Å². The fourth-order valence-electron chi connectivity index (χ4n) is 3.62. The molecular weight excluding hydrogens is 264 g/mol. The van der Waals surface area contributed by atoms with Crippen molar-refractivity contribution in [1.82, 2.24) is 20.0 Å². The summed E-state index contributed by atoms with van der Waals surface area (Å²) in [6.07, 6.45) is 5.64. The molecule has 2 heterocycles. The molecule has 21 heavy (non-hydrogen) atoms. The van der Waals surface area contributed by atoms with Gasteiger partial charge in [-0.05, 0) is 72.4 Å². The summed E-state index contributed by atoms with van der Waals surface area (Å²) in [6, 6.07) is 0.746. The number of carbonyl (C=O) groups is 1. The number of piperidine rings is 1. The fraction of sp³-hybridized carbons (Fsp3) is 0.938. The van der Waals surface area contributed by atoms with Crippen LogP contribution in [0.25, 0.3) is 0 Å². The Kier molecular flexibility index (Phi) is 6.45. The second-order valence-electron chi connectivity index (χ2n) is 6.79. The lowest BCUT2D eigenvalue weighted by molar-refractivity contribution is -0.135. The number of likely N-dealkylation sites (N-methyl/N-ethyl adjacent to an activating group) is 1. The number of carbonyl (C=O) groups excluding carboxylic acids is 1. The average molecular weight is 296 g/mol. The van der Waals surface area contributed by atoms with E-state index in [2.05, 4.69) is 29.2 Å². The van der Waals surface area contributed by atoms with Crippen LogP contribution in [0, 0.1) is 0 Å². The first-order valence-electron chi connectivity index (χ1n) is 8.45. The van der Waals surface area contributed by atoms with Crippen LogP contribution in [-0.2, 0) is 4.79 Å². The second kappa shape index (κ2) is 8.11. The van der Waals surface area contributed by atoms with Crippen LogP contribution < -0.4 is 5.32 Å². The van der Waals surface area contributed by atoms with Crippen molar-refractivity contribution >= 4 is 5.91 Å². The molecule has 2 fully saturated rings. The minimum absolute atomic E-state index is 0.137. The molecule has 1 N–H and O–H groups in total. The Labute approximate surface area is 129 Å². The highest BCUT2D eigenvalue weighted by atomic mass is 16.2. The highest BCUT2D eigenvalue weighted by Gasteiger charge is 2.36. The molecule has 2 rings (SSSR count). The molecule has 122 valence electrons. The van der Waals surface area contributed by atoms with Gasteiger partial charge in [-0.3, -0.25) is 9.69 Å². The molecule has 1 unspecified atom stereocenters. The highest BCUT2D eigenvalue weighted by molar-refractivity contribution is 5.82. The molecule has 0 aliphatic carbocycles. The number of likely N-dealkylation sites (tertiary alicyclic amines) is 1. The second-order valence-corrected chi connectivity index (χ2v) is 6.79. The third kappa shape index (κ3) is 4.66. The maximum atomic E-state index is 12.7. The van der Waals surface area contributed by atoms with Crippen molar-refractivity contribution in [3.05, 3.63) is 0 Å². The average Bonchev–Trinajstić information content (AvgIpc) is 2.96. The molecule has 5 heteroatoms. The van der Waals surface area contributed by atoms with Crippen molar-refractivity contribution in [3.8, 4) is 0 Å². The minimum atomic E-state index is 0.137. The number of nitrogens with one attached hydrogen (secondary N) is 1. The van der Waals surface area contributed by atoms with Gasteiger partial charge in [-0.25, -0.2) is 0 Å². The maximum Gasteiger partial charge on any atom is 0.239 e. The Morgan fingerprint density at radius 2 is 1.86 bits per heavy atom. The molecule has 0 radical (unpaired) electrons. The first-order chi connectivity index (χ1) is 10.1. The Bertz CT molecular complexity index is 328. The van der Waals surface area contributed by atoms with Gasteiger partial charge in [0, 0.05) is 19.6 Å². The molecule has 0 bridgehead atoms. The monoisotopic (exact) mass is 296 g/mol. The van der Waals surface area contributed by atoms with Gasteiger partial charge >= 0.3 is 0 Å². The maximum absolute atomic E-state index is 12.7. The van der Waals surface area contributed by atoms with Crippen LogP contribution in [0.4, 0.5) is 0 Å². The SMILES string of the molecule is CN(C)CCCN(C)C(=O)C1CCCN1C1CCNCC1. The third-order valence-electron chi connectivity index (χ3n) is 4.83. The number of amides is 1. The summed E-state index contributed by atoms with van der Waals surface area (Å²) in [5.74, 6) is 0.338. The van der Waals surface area contributed by atoms with Crippen LogP contribution in [0.2, 0.25) is 0 Å². The molecule has 0 aromatic rings. The predicted octanol–water partition coefficient (Wildman–Crippen LogP) is 0.613. The van der Waals surface area contributed by atoms with E-state index in [-0.39, 0.29) is 6.04 Å². The lowest BCUT2D eigenvalue weighted by Gasteiger charge is -2.36. The lowest BCUT2D eigenvalue weighted by Crippen LogP contribution is -2.51. The van der Waals surface area contributed by atoms with Gasteiger partial charge in [0.2, 0.25) is 5.91 Å². The van der Waals surface area contributed by atoms with Crippen molar-refractivity contribution in [2.75, 3.05) is 53.9 Å². The van der Waals surface area contributed by atoms with Gasteiger partial charge < -0.3 is 15.1 Å². The molecule has 0 aromatic carbocycles. The zero-order chi connectivity index (χ0) is 15.2. The van der Waals surface area contributed by atoms with Gasteiger partial charge in [0.15, 0.2) is 0 Å². The van der Waals surface area contributed by atoms with E-state index in [0.717, 1.165) is 45.6 Å². The molecule has 0 saturated carbocycles. The largest absolute Gasteiger partial charge is 0.344 e. The summed E-state index contributed by atoms with van der Waals surface area (Å²) < 4.78 is 0. The van der Waals surface area contributed by atoms with E-state index in [1.165, 1.54) is 19.3 Å². The standard InChI is InChI=1S/C16H32N4O/c1-18(2)11-5-12-19(3)16(21)15-6-4-13-20(15)14-7-9-17-10-8-14/h14-15,17H,4-13H2,1-3H3. The van der Waals surface area contributed by atoms with Crippen LogP contribution in [-0.4, -0.2) is 86.6 Å². The summed E-state index contributed by atoms with van der Waals surface area (Å²) in [6.45, 7) is 5.21. The van der Waals surface area contributed by atoms with Crippen molar-refractivity contribution < 1.29 is 4.79 Å². The fourth-order valence-corrected chi connectivity index (χ4v) is 3.62. The van der Waals surface area contributed by atoms with Gasteiger partial charge in [0.05, 0.1) is 6.04 Å². The molecule has 2 saturated heterocycles. The molecule has 2 aliphatic heterocycles. The summed E-state index contributed by atoms with van der Waals surface area (Å²) in [5, 5.41) is 3.42. The Balaban J connectivity index is 1.84. The van der Waals surface area contributed by atoms with E-state index in [1.54, 1.807) is 0 Å². The van der Waals surface area contributed by atoms with E-state index in [9.17, 15) is 4.79 Å². The van der Waals surface area contributed by atoms with Crippen LogP contribution in [0.1, 0.15) is 32.1 Å². The zero-order valence-electron chi connectivity index (χ0n) is 14.0. The van der Waals surface area contributed by atoms with E-state index in [1.807, 2.05) is 11.9 Å². The number of rotatable bonds is 6. The third-order valence-corrected chi connectivity index (χ3v) is 4.83. The molecule has 1 amide bonds. The smallest absolute Gasteiger partial charge is 0.239 e. The van der Waals surface area contributed by atoms with Crippen molar-refractivity contribution in [1.29, 1.82) is 0 Å². The quantitative estimate of drug-likeness (QED) is 0.780. The van der Waals surface area contributed by atoms with E-state index in [4.69, 9.17) is 0 Å². The normalized spacial score (nSPS) is 24.7. The first kappa shape index (κ1) is 16.7. The van der Waals surface area contributed by atoms with Crippen LogP contribution in [0.3, 0.4) is 0 Å². The molecule has 1 atom stereocenters. The molecule has 0 aromatic heterocycles. The predicted molar refractivity (Wildman–Crippen MR) is 86.4 cm³/mol. The number of nitrogens with zero attached hydrogens (tertiary/aromatic N) is 3. The first-order valence-corrected chi connectivity index (χ1v) is 8.45. The van der Waals surface area contributed by atoms with Gasteiger partial charge in [-0.15, -0.1) is 0 Å². The van der Waals surface area contributed by atoms with Crippen molar-refractivity contribution in [2.24, 2.45) is 0 Å². The van der Waals surface area contributed by atoms with Crippen molar-refractivity contribution in [2.45, 2.75) is 44.2 Å². The minimum Gasteiger partial charge on any atom is -0.344 e. The molecular formula is C16H32N4O. The topological polar surface area (TPSA) is 38.8 Å². The highest BCUT2D eigenvalue weighted by Crippen LogP contribution is 2.25. The van der Waals surface area contributed by atoms with Gasteiger partial charge in [-0.1, -0.05) is 0 Å². The Hall–Kier alpha value is -0.650. The van der Waals surface area contributed by atoms with E-state index in [0.29, 0.717) is 11.9 Å². The number of hydrogen-bond acceptors (Lipinski definition) is 4. The molecule has 5 nitrogen and oxygen atoms in total. The lowest BCUT2D eigenvalue weighted by atomic mass is 10.0. The van der Waals surface area contributed by atoms with E-state index < -0.39 is 0 Å². The van der Waals surface area contributed by atoms with Gasteiger partial charge in [0.25, 0.3) is 0 Å². The van der Waals surface area contributed by atoms with Crippen molar-refractivity contribution in [3.63, 3.8) is 0 Å². The molecule has 2 aliphatic rings. The zero-order valence-corrected chi connectivity index (χ0v) is 14.0. The molecule has 0 spiro atoms. The van der Waals surface area contributed by atoms with Crippen LogP contribution in [0.5, 0.6) is 0 Å². The van der Waals surface area contributed by atoms with Gasteiger partial charge in [-0.2, -0.15) is 0 Å². The summed E-state index contributed by atoms with van der Waals surface area (Å²) >= 11 is 0. The summed E-state index contributed by atoms with van der Waals surface area (Å²) in [7, 11) is 6.13. The van der Waals surface area contributed by atoms with Crippen LogP contribution in [0.15, 0.2) is 0 Å². The Morgan fingerprint density at radius 3 is 2.52 bits per heavy atom. The van der Waals surface area contributed by atoms with E-state index >= 15 is 0 Å². The van der Waals surface area contributed by atoms with Crippen LogP contribution >= 0.6 is 0 Å². The summed E-state index contributed by atoms with van der Waals surface area (Å²) in [5.41, 5.74) is 0. The summed E-state index contributed by atoms with van der Waals surface area (Å²) in [4.78, 5) is 19.3. The Morgan fingerprint density at radius 1 is 1.14 bits per heavy atom.